The fraction of sp³-hybridized carbons (Fsp3) is 0.364. The topological polar surface area (TPSA) is 93.2 Å². The maximum atomic E-state index is 13.0. The van der Waals surface area contributed by atoms with E-state index in [9.17, 15) is 8.42 Å². The van der Waals surface area contributed by atoms with Gasteiger partial charge in [0.05, 0.1) is 26.3 Å². The SMILES string of the molecule is C1CCC1.COc1cccc(CN2CCN(OCc3ccc(NS(=O)(=O)c4cccc5cccnc45)cc3)CC2)c1OC.[HH]. The van der Waals surface area contributed by atoms with Gasteiger partial charge < -0.3 is 9.47 Å². The summed E-state index contributed by atoms with van der Waals surface area (Å²) in [7, 11) is -0.480. The van der Waals surface area contributed by atoms with Gasteiger partial charge in [-0.25, -0.2) is 8.42 Å². The molecule has 1 aliphatic heterocycles. The first-order valence-corrected chi connectivity index (χ1v) is 16.2. The number of rotatable bonds is 10. The standard InChI is InChI=1S/C29H32N4O5S.C4H8.H2/c1-36-26-9-3-7-24(29(26)37-2)20-32-16-18-33(19-17-32)38-21-22-11-13-25(14-12-22)31-39(34,35)27-10-4-6-23-8-5-15-30-28(23)27;1-2-4-3-1;/h3-15,31H,16-21H2,1-2H3;1-4H2;1H. The Morgan fingerprint density at radius 1 is 0.837 bits per heavy atom. The molecular formula is C33H42N4O5S. The molecule has 0 atom stereocenters. The number of anilines is 1. The molecule has 1 aromatic heterocycles. The summed E-state index contributed by atoms with van der Waals surface area (Å²) < 4.78 is 39.7. The molecule has 2 aliphatic rings. The Morgan fingerprint density at radius 2 is 1.53 bits per heavy atom. The number of sulfonamides is 1. The number of fused-ring (bicyclic) bond motifs is 1. The number of hydrogen-bond donors (Lipinski definition) is 1. The van der Waals surface area contributed by atoms with E-state index in [-0.39, 0.29) is 6.32 Å². The first-order chi connectivity index (χ1) is 21.0. The van der Waals surface area contributed by atoms with E-state index < -0.39 is 10.0 Å². The molecule has 1 saturated heterocycles. The lowest BCUT2D eigenvalue weighted by molar-refractivity contribution is -0.186. The zero-order valence-corrected chi connectivity index (χ0v) is 25.7. The molecule has 0 radical (unpaired) electrons. The van der Waals surface area contributed by atoms with Crippen molar-refractivity contribution in [2.24, 2.45) is 0 Å². The van der Waals surface area contributed by atoms with Gasteiger partial charge in [-0.15, -0.1) is 0 Å². The molecule has 43 heavy (non-hydrogen) atoms. The van der Waals surface area contributed by atoms with Crippen LogP contribution in [-0.4, -0.2) is 63.8 Å². The van der Waals surface area contributed by atoms with Gasteiger partial charge in [-0.05, 0) is 35.9 Å². The van der Waals surface area contributed by atoms with Crippen molar-refractivity contribution in [3.63, 3.8) is 0 Å². The van der Waals surface area contributed by atoms with Crippen LogP contribution < -0.4 is 14.2 Å². The second-order valence-electron chi connectivity index (χ2n) is 10.7. The fourth-order valence-corrected chi connectivity index (χ4v) is 6.16. The van der Waals surface area contributed by atoms with Gasteiger partial charge in [0, 0.05) is 57.0 Å². The fourth-order valence-electron chi connectivity index (χ4n) is 4.92. The summed E-state index contributed by atoms with van der Waals surface area (Å²) >= 11 is 0. The van der Waals surface area contributed by atoms with E-state index in [1.807, 2.05) is 41.5 Å². The Morgan fingerprint density at radius 3 is 2.21 bits per heavy atom. The molecule has 3 aromatic carbocycles. The highest BCUT2D eigenvalue weighted by Crippen LogP contribution is 2.31. The molecule has 2 heterocycles. The van der Waals surface area contributed by atoms with Crippen molar-refractivity contribution in [3.05, 3.63) is 90.1 Å². The molecule has 0 spiro atoms. The molecule has 6 rings (SSSR count). The number of pyridine rings is 1. The first-order valence-electron chi connectivity index (χ1n) is 14.7. The van der Waals surface area contributed by atoms with Crippen LogP contribution in [0.5, 0.6) is 11.5 Å². The first kappa shape index (κ1) is 30.7. The van der Waals surface area contributed by atoms with Gasteiger partial charge in [-0.1, -0.05) is 68.1 Å². The van der Waals surface area contributed by atoms with Gasteiger partial charge >= 0.3 is 0 Å². The minimum absolute atomic E-state index is 0. The molecule has 4 aromatic rings. The normalized spacial score (nSPS) is 15.7. The number of piperazine rings is 1. The molecule has 1 saturated carbocycles. The van der Waals surface area contributed by atoms with Gasteiger partial charge in [0.1, 0.15) is 4.90 Å². The molecule has 9 nitrogen and oxygen atoms in total. The number of methoxy groups -OCH3 is 2. The lowest BCUT2D eigenvalue weighted by atomic mass is 10.0. The number of ether oxygens (including phenoxy) is 2. The van der Waals surface area contributed by atoms with Crippen molar-refractivity contribution in [1.82, 2.24) is 14.9 Å². The zero-order valence-electron chi connectivity index (χ0n) is 24.9. The molecular weight excluding hydrogens is 564 g/mol. The van der Waals surface area contributed by atoms with Crippen LogP contribution in [0.25, 0.3) is 10.9 Å². The van der Waals surface area contributed by atoms with Crippen LogP contribution in [-0.2, 0) is 28.0 Å². The highest BCUT2D eigenvalue weighted by Gasteiger charge is 2.21. The van der Waals surface area contributed by atoms with Crippen molar-refractivity contribution < 1.29 is 24.2 Å². The van der Waals surface area contributed by atoms with E-state index in [0.717, 1.165) is 60.7 Å². The van der Waals surface area contributed by atoms with Crippen LogP contribution in [0.3, 0.4) is 0 Å². The maximum Gasteiger partial charge on any atom is 0.264 e. The average molecular weight is 607 g/mol. The monoisotopic (exact) mass is 606 g/mol. The largest absolute Gasteiger partial charge is 0.493 e. The van der Waals surface area contributed by atoms with Gasteiger partial charge in [-0.2, -0.15) is 5.06 Å². The molecule has 1 N–H and O–H groups in total. The van der Waals surface area contributed by atoms with Crippen LogP contribution in [0.2, 0.25) is 0 Å². The Labute approximate surface area is 255 Å². The quantitative estimate of drug-likeness (QED) is 0.231. The van der Waals surface area contributed by atoms with Crippen LogP contribution in [0.15, 0.2) is 83.9 Å². The predicted octanol–water partition coefficient (Wildman–Crippen LogP) is 6.11. The zero-order chi connectivity index (χ0) is 30.1. The molecule has 2 fully saturated rings. The Bertz CT molecular complexity index is 1580. The van der Waals surface area contributed by atoms with Gasteiger partial charge in [-0.3, -0.25) is 19.4 Å². The van der Waals surface area contributed by atoms with Crippen LogP contribution in [0.4, 0.5) is 5.69 Å². The van der Waals surface area contributed by atoms with E-state index in [4.69, 9.17) is 14.3 Å². The van der Waals surface area contributed by atoms with Crippen LogP contribution in [0, 0.1) is 0 Å². The van der Waals surface area contributed by atoms with Crippen LogP contribution >= 0.6 is 0 Å². The maximum absolute atomic E-state index is 13.0. The molecule has 230 valence electrons. The number of para-hydroxylation sites is 2. The summed E-state index contributed by atoms with van der Waals surface area (Å²) in [6, 6.07) is 21.9. The Hall–Kier alpha value is -3.70. The summed E-state index contributed by atoms with van der Waals surface area (Å²) in [6.07, 6.45) is 7.59. The average Bonchev–Trinajstić information content (AvgIpc) is 3.00. The van der Waals surface area contributed by atoms with E-state index in [1.165, 1.54) is 25.7 Å². The van der Waals surface area contributed by atoms with Crippen molar-refractivity contribution >= 4 is 26.6 Å². The molecule has 1 aliphatic carbocycles. The van der Waals surface area contributed by atoms with E-state index >= 15 is 0 Å². The second kappa shape index (κ2) is 14.7. The highest BCUT2D eigenvalue weighted by molar-refractivity contribution is 7.93. The summed E-state index contributed by atoms with van der Waals surface area (Å²) in [6.45, 7) is 4.48. The summed E-state index contributed by atoms with van der Waals surface area (Å²) in [5.41, 5.74) is 2.97. The number of hydroxylamine groups is 2. The lowest BCUT2D eigenvalue weighted by Crippen LogP contribution is -2.45. The van der Waals surface area contributed by atoms with Crippen molar-refractivity contribution in [3.8, 4) is 11.5 Å². The van der Waals surface area contributed by atoms with Crippen molar-refractivity contribution in [1.29, 1.82) is 0 Å². The highest BCUT2D eigenvalue weighted by atomic mass is 32.2. The molecule has 0 bridgehead atoms. The minimum Gasteiger partial charge on any atom is -0.493 e. The third-order valence-corrected chi connectivity index (χ3v) is 9.13. The Kier molecular flexibility index (Phi) is 10.5. The summed E-state index contributed by atoms with van der Waals surface area (Å²) in [5.74, 6) is 1.51. The second-order valence-corrected chi connectivity index (χ2v) is 12.3. The number of hydrogen-bond acceptors (Lipinski definition) is 8. The van der Waals surface area contributed by atoms with Crippen LogP contribution in [0.1, 0.15) is 38.2 Å². The lowest BCUT2D eigenvalue weighted by Gasteiger charge is -2.34. The van der Waals surface area contributed by atoms with Gasteiger partial charge in [0.2, 0.25) is 0 Å². The summed E-state index contributed by atoms with van der Waals surface area (Å²) in [5, 5.41) is 2.75. The molecule has 10 heteroatoms. The number of aromatic nitrogens is 1. The minimum atomic E-state index is -3.79. The predicted molar refractivity (Wildman–Crippen MR) is 171 cm³/mol. The third kappa shape index (κ3) is 8.03. The third-order valence-electron chi connectivity index (χ3n) is 7.71. The van der Waals surface area contributed by atoms with E-state index in [0.29, 0.717) is 17.8 Å². The van der Waals surface area contributed by atoms with Crippen molar-refractivity contribution in [2.45, 2.75) is 43.7 Å². The Balaban J connectivity index is 0.000000818. The molecule has 0 amide bonds. The van der Waals surface area contributed by atoms with Gasteiger partial charge in [0.15, 0.2) is 11.5 Å². The van der Waals surface area contributed by atoms with E-state index in [1.54, 1.807) is 50.7 Å². The van der Waals surface area contributed by atoms with E-state index in [2.05, 4.69) is 20.7 Å². The smallest absolute Gasteiger partial charge is 0.264 e. The summed E-state index contributed by atoms with van der Waals surface area (Å²) in [4.78, 5) is 12.8. The number of nitrogens with zero attached hydrogens (tertiary/aromatic N) is 3. The van der Waals surface area contributed by atoms with Gasteiger partial charge in [0.25, 0.3) is 10.0 Å². The molecule has 0 unspecified atom stereocenters. The number of nitrogens with one attached hydrogen (secondary N) is 1. The number of benzene rings is 3. The van der Waals surface area contributed by atoms with Crippen molar-refractivity contribution in [2.75, 3.05) is 45.1 Å².